The van der Waals surface area contributed by atoms with Gasteiger partial charge in [-0.25, -0.2) is 4.68 Å². The monoisotopic (exact) mass is 282 g/mol. The van der Waals surface area contributed by atoms with Gasteiger partial charge in [0.25, 0.3) is 5.91 Å². The molecule has 0 aliphatic carbocycles. The molecule has 0 aliphatic rings. The van der Waals surface area contributed by atoms with Crippen LogP contribution in [0.5, 0.6) is 0 Å². The second-order valence-corrected chi connectivity index (χ2v) is 4.20. The van der Waals surface area contributed by atoms with Crippen LogP contribution in [-0.4, -0.2) is 31.1 Å². The molecule has 8 nitrogen and oxygen atoms in total. The van der Waals surface area contributed by atoms with Crippen LogP contribution in [0, 0.1) is 0 Å². The first-order chi connectivity index (χ1) is 10.2. The van der Waals surface area contributed by atoms with Crippen molar-refractivity contribution in [3.63, 3.8) is 0 Å². The van der Waals surface area contributed by atoms with Crippen molar-refractivity contribution < 1.29 is 4.79 Å². The number of pyridine rings is 1. The summed E-state index contributed by atoms with van der Waals surface area (Å²) in [6.07, 6.45) is 2.90. The highest BCUT2D eigenvalue weighted by atomic mass is 16.2. The van der Waals surface area contributed by atoms with Gasteiger partial charge < -0.3 is 10.3 Å². The molecule has 0 atom stereocenters. The lowest BCUT2D eigenvalue weighted by Crippen LogP contribution is -2.15. The summed E-state index contributed by atoms with van der Waals surface area (Å²) in [5, 5.41) is 13.6. The lowest BCUT2D eigenvalue weighted by molar-refractivity contribution is 0.102. The lowest BCUT2D eigenvalue weighted by Gasteiger charge is -2.06. The number of aromatic nitrogens is 5. The molecule has 0 saturated carbocycles. The highest BCUT2D eigenvalue weighted by molar-refractivity contribution is 6.04. The Labute approximate surface area is 118 Å². The molecule has 3 aromatic rings. The molecule has 0 aliphatic heterocycles. The van der Waals surface area contributed by atoms with E-state index in [9.17, 15) is 9.59 Å². The Balaban J connectivity index is 1.76. The van der Waals surface area contributed by atoms with Crippen LogP contribution < -0.4 is 10.9 Å². The number of hydrogen-bond donors (Lipinski definition) is 2. The molecule has 2 aromatic heterocycles. The van der Waals surface area contributed by atoms with E-state index in [0.29, 0.717) is 11.3 Å². The number of nitrogens with one attached hydrogen (secondary N) is 2. The van der Waals surface area contributed by atoms with E-state index in [2.05, 4.69) is 25.8 Å². The highest BCUT2D eigenvalue weighted by Crippen LogP contribution is 2.12. The first-order valence-corrected chi connectivity index (χ1v) is 6.06. The number of aromatic amines is 1. The number of hydrogen-bond acceptors (Lipinski definition) is 5. The molecule has 21 heavy (non-hydrogen) atoms. The predicted octanol–water partition coefficient (Wildman–Crippen LogP) is 0.603. The summed E-state index contributed by atoms with van der Waals surface area (Å²) in [7, 11) is 0. The smallest absolute Gasteiger partial charge is 0.255 e. The van der Waals surface area contributed by atoms with Crippen molar-refractivity contribution >= 4 is 11.6 Å². The zero-order valence-electron chi connectivity index (χ0n) is 10.7. The van der Waals surface area contributed by atoms with Gasteiger partial charge in [0, 0.05) is 23.5 Å². The minimum absolute atomic E-state index is 0.295. The molecule has 3 rings (SSSR count). The molecular weight excluding hydrogens is 272 g/mol. The third kappa shape index (κ3) is 2.84. The van der Waals surface area contributed by atoms with Crippen LogP contribution in [0.4, 0.5) is 5.69 Å². The van der Waals surface area contributed by atoms with Gasteiger partial charge in [-0.05, 0) is 40.8 Å². The van der Waals surface area contributed by atoms with Crippen LogP contribution in [0.15, 0.2) is 53.7 Å². The fourth-order valence-electron chi connectivity index (χ4n) is 1.77. The van der Waals surface area contributed by atoms with Gasteiger partial charge in [-0.15, -0.1) is 5.10 Å². The molecule has 0 radical (unpaired) electrons. The van der Waals surface area contributed by atoms with Crippen molar-refractivity contribution in [3.8, 4) is 5.69 Å². The SMILES string of the molecule is O=C(Nc1ccc(-n2cnnn2)cc1)c1cc[nH]c(=O)c1. The maximum atomic E-state index is 12.0. The Kier molecular flexibility index (Phi) is 3.26. The average Bonchev–Trinajstić information content (AvgIpc) is 3.02. The van der Waals surface area contributed by atoms with E-state index in [-0.39, 0.29) is 11.5 Å². The van der Waals surface area contributed by atoms with Gasteiger partial charge in [0.15, 0.2) is 0 Å². The minimum Gasteiger partial charge on any atom is -0.329 e. The van der Waals surface area contributed by atoms with Crippen molar-refractivity contribution in [2.24, 2.45) is 0 Å². The van der Waals surface area contributed by atoms with E-state index in [1.54, 1.807) is 24.3 Å². The zero-order valence-corrected chi connectivity index (χ0v) is 10.7. The Morgan fingerprint density at radius 1 is 1.19 bits per heavy atom. The quantitative estimate of drug-likeness (QED) is 0.732. The van der Waals surface area contributed by atoms with Crippen molar-refractivity contribution in [1.29, 1.82) is 0 Å². The fourth-order valence-corrected chi connectivity index (χ4v) is 1.77. The number of rotatable bonds is 3. The summed E-state index contributed by atoms with van der Waals surface area (Å²) in [6, 6.07) is 9.76. The van der Waals surface area contributed by atoms with Crippen LogP contribution in [0.1, 0.15) is 10.4 Å². The second-order valence-electron chi connectivity index (χ2n) is 4.20. The third-order valence-electron chi connectivity index (χ3n) is 2.78. The molecule has 0 bridgehead atoms. The lowest BCUT2D eigenvalue weighted by atomic mass is 10.2. The third-order valence-corrected chi connectivity index (χ3v) is 2.78. The maximum absolute atomic E-state index is 12.0. The number of nitrogens with zero attached hydrogens (tertiary/aromatic N) is 4. The number of benzene rings is 1. The van der Waals surface area contributed by atoms with Gasteiger partial charge in [-0.1, -0.05) is 0 Å². The van der Waals surface area contributed by atoms with Gasteiger partial charge in [-0.2, -0.15) is 0 Å². The normalized spacial score (nSPS) is 10.3. The van der Waals surface area contributed by atoms with Crippen LogP contribution >= 0.6 is 0 Å². The van der Waals surface area contributed by atoms with Gasteiger partial charge >= 0.3 is 0 Å². The molecule has 2 heterocycles. The second kappa shape index (κ2) is 5.37. The van der Waals surface area contributed by atoms with Gasteiger partial charge in [0.05, 0.1) is 5.69 Å². The van der Waals surface area contributed by atoms with Crippen LogP contribution in [0.2, 0.25) is 0 Å². The van der Waals surface area contributed by atoms with E-state index in [0.717, 1.165) is 5.69 Å². The summed E-state index contributed by atoms with van der Waals surface area (Å²) in [5.74, 6) is -0.351. The van der Waals surface area contributed by atoms with Gasteiger partial charge in [-0.3, -0.25) is 9.59 Å². The number of carbonyl (C=O) groups excluding carboxylic acids is 1. The Hall–Kier alpha value is -3.29. The topological polar surface area (TPSA) is 106 Å². The van der Waals surface area contributed by atoms with E-state index < -0.39 is 0 Å². The van der Waals surface area contributed by atoms with Gasteiger partial charge in [0.2, 0.25) is 5.56 Å². The summed E-state index contributed by atoms with van der Waals surface area (Å²) in [5.41, 5.74) is 1.35. The first-order valence-electron chi connectivity index (χ1n) is 6.06. The Morgan fingerprint density at radius 2 is 2.00 bits per heavy atom. The number of carbonyl (C=O) groups is 1. The zero-order chi connectivity index (χ0) is 14.7. The fraction of sp³-hybridized carbons (Fsp3) is 0. The predicted molar refractivity (Wildman–Crippen MR) is 74.2 cm³/mol. The Morgan fingerprint density at radius 3 is 2.67 bits per heavy atom. The molecule has 0 spiro atoms. The molecular formula is C13H10N6O2. The van der Waals surface area contributed by atoms with Crippen molar-refractivity contribution in [1.82, 2.24) is 25.2 Å². The van der Waals surface area contributed by atoms with Crippen molar-refractivity contribution in [3.05, 3.63) is 64.8 Å². The van der Waals surface area contributed by atoms with E-state index >= 15 is 0 Å². The van der Waals surface area contributed by atoms with E-state index in [4.69, 9.17) is 0 Å². The summed E-state index contributed by atoms with van der Waals surface area (Å²) in [4.78, 5) is 25.6. The van der Waals surface area contributed by atoms with Gasteiger partial charge in [0.1, 0.15) is 6.33 Å². The van der Waals surface area contributed by atoms with E-state index in [1.807, 2.05) is 0 Å². The standard InChI is InChI=1S/C13H10N6O2/c20-12-7-9(5-6-14-12)13(21)16-10-1-3-11(4-2-10)19-8-15-17-18-19/h1-8H,(H,14,20)(H,16,21). The first kappa shape index (κ1) is 12.7. The van der Waals surface area contributed by atoms with Crippen LogP contribution in [0.3, 0.4) is 0 Å². The molecule has 0 saturated heterocycles. The maximum Gasteiger partial charge on any atom is 0.255 e. The molecule has 0 unspecified atom stereocenters. The average molecular weight is 282 g/mol. The molecule has 1 aromatic carbocycles. The number of amides is 1. The van der Waals surface area contributed by atoms with Crippen LogP contribution in [0.25, 0.3) is 5.69 Å². The van der Waals surface area contributed by atoms with Crippen molar-refractivity contribution in [2.45, 2.75) is 0 Å². The molecule has 2 N–H and O–H groups in total. The summed E-state index contributed by atoms with van der Waals surface area (Å²) < 4.78 is 1.50. The van der Waals surface area contributed by atoms with E-state index in [1.165, 1.54) is 29.3 Å². The molecule has 1 amide bonds. The molecule has 104 valence electrons. The number of H-pyrrole nitrogens is 1. The minimum atomic E-state index is -0.351. The summed E-state index contributed by atoms with van der Waals surface area (Å²) in [6.45, 7) is 0. The summed E-state index contributed by atoms with van der Waals surface area (Å²) >= 11 is 0. The van der Waals surface area contributed by atoms with Crippen molar-refractivity contribution in [2.75, 3.05) is 5.32 Å². The number of anilines is 1. The molecule has 0 fully saturated rings. The largest absolute Gasteiger partial charge is 0.329 e. The Bertz CT molecular complexity index is 807. The van der Waals surface area contributed by atoms with Crippen LogP contribution in [-0.2, 0) is 0 Å². The molecule has 8 heteroatoms. The highest BCUT2D eigenvalue weighted by Gasteiger charge is 2.06. The number of tetrazole rings is 1.